The Morgan fingerprint density at radius 3 is 2.78 bits per heavy atom. The van der Waals surface area contributed by atoms with Crippen molar-refractivity contribution in [2.24, 2.45) is 16.8 Å². The van der Waals surface area contributed by atoms with Gasteiger partial charge in [-0.25, -0.2) is 4.39 Å². The third kappa shape index (κ3) is 1.92. The van der Waals surface area contributed by atoms with Crippen LogP contribution in [0.25, 0.3) is 0 Å². The smallest absolute Gasteiger partial charge is 0.127 e. The van der Waals surface area contributed by atoms with E-state index in [0.29, 0.717) is 18.1 Å². The first-order chi connectivity index (χ1) is 8.65. The van der Waals surface area contributed by atoms with E-state index in [4.69, 9.17) is 0 Å². The molecule has 0 aliphatic heterocycles. The zero-order valence-electron chi connectivity index (χ0n) is 10.5. The van der Waals surface area contributed by atoms with Gasteiger partial charge in [-0.3, -0.25) is 4.99 Å². The molecule has 2 saturated carbocycles. The molecular weight excluding hydrogens is 229 g/mol. The molecule has 3 heteroatoms. The van der Waals surface area contributed by atoms with Gasteiger partial charge in [0.25, 0.3) is 0 Å². The summed E-state index contributed by atoms with van der Waals surface area (Å²) in [4.78, 5) is 4.56. The summed E-state index contributed by atoms with van der Waals surface area (Å²) in [6.07, 6.45) is 3.68. The van der Waals surface area contributed by atoms with Crippen molar-refractivity contribution in [2.75, 3.05) is 0 Å². The molecule has 2 bridgehead atoms. The summed E-state index contributed by atoms with van der Waals surface area (Å²) in [7, 11) is 0. The van der Waals surface area contributed by atoms with E-state index in [1.54, 1.807) is 6.21 Å². The molecule has 2 fully saturated rings. The van der Waals surface area contributed by atoms with Gasteiger partial charge in [-0.2, -0.15) is 0 Å². The monoisotopic (exact) mass is 247 g/mol. The molecule has 0 heterocycles. The summed E-state index contributed by atoms with van der Waals surface area (Å²) in [5.74, 6) is 0.934. The van der Waals surface area contributed by atoms with E-state index in [-0.39, 0.29) is 12.0 Å². The molecule has 4 unspecified atom stereocenters. The van der Waals surface area contributed by atoms with E-state index in [1.165, 1.54) is 0 Å². The van der Waals surface area contributed by atoms with Crippen LogP contribution in [-0.2, 0) is 0 Å². The molecule has 1 aromatic carbocycles. The summed E-state index contributed by atoms with van der Waals surface area (Å²) in [5.41, 5.74) is 1.62. The predicted molar refractivity (Wildman–Crippen MR) is 70.0 cm³/mol. The van der Waals surface area contributed by atoms with Crippen LogP contribution < -0.4 is 0 Å². The number of aryl methyl sites for hydroxylation is 1. The summed E-state index contributed by atoms with van der Waals surface area (Å²) >= 11 is 0. The van der Waals surface area contributed by atoms with Gasteiger partial charge in [-0.1, -0.05) is 12.1 Å². The number of fused-ring (bicyclic) bond motifs is 2. The Balaban J connectivity index is 1.74. The second-order valence-electron chi connectivity index (χ2n) is 5.60. The van der Waals surface area contributed by atoms with Crippen molar-refractivity contribution in [3.05, 3.63) is 29.3 Å². The van der Waals surface area contributed by atoms with E-state index in [0.717, 1.165) is 24.0 Å². The number of hydrogen-bond donors (Lipinski definition) is 1. The Hall–Kier alpha value is -1.38. The van der Waals surface area contributed by atoms with Crippen LogP contribution in [0.3, 0.4) is 0 Å². The van der Waals surface area contributed by atoms with Crippen molar-refractivity contribution >= 4 is 6.21 Å². The highest BCUT2D eigenvalue weighted by atomic mass is 19.1. The molecule has 1 N–H and O–H groups in total. The van der Waals surface area contributed by atoms with E-state index >= 15 is 0 Å². The largest absolute Gasteiger partial charge is 0.507 e. The standard InChI is InChI=1S/C15H18FNO/c1-9-3-2-4-10(15(9)18)8-17-14-7-11-5-12(14)6-13(11)16/h2-4,8,11-14,18H,5-7H2,1H3. The highest BCUT2D eigenvalue weighted by molar-refractivity contribution is 5.84. The molecule has 2 nitrogen and oxygen atoms in total. The van der Waals surface area contributed by atoms with E-state index in [2.05, 4.69) is 4.99 Å². The van der Waals surface area contributed by atoms with Crippen molar-refractivity contribution in [2.45, 2.75) is 38.4 Å². The maximum Gasteiger partial charge on any atom is 0.127 e. The zero-order chi connectivity index (χ0) is 12.7. The first kappa shape index (κ1) is 11.7. The number of phenols is 1. The number of aromatic hydroxyl groups is 1. The molecule has 2 aliphatic carbocycles. The molecule has 2 aliphatic rings. The molecule has 0 saturated heterocycles. The van der Waals surface area contributed by atoms with Gasteiger partial charge in [-0.05, 0) is 49.7 Å². The molecule has 0 radical (unpaired) electrons. The van der Waals surface area contributed by atoms with Gasteiger partial charge in [-0.15, -0.1) is 0 Å². The number of para-hydroxylation sites is 1. The highest BCUT2D eigenvalue weighted by Crippen LogP contribution is 2.47. The minimum Gasteiger partial charge on any atom is -0.507 e. The fourth-order valence-corrected chi connectivity index (χ4v) is 3.32. The quantitative estimate of drug-likeness (QED) is 0.799. The van der Waals surface area contributed by atoms with Gasteiger partial charge in [0.15, 0.2) is 0 Å². The van der Waals surface area contributed by atoms with Crippen LogP contribution in [-0.4, -0.2) is 23.5 Å². The van der Waals surface area contributed by atoms with Gasteiger partial charge in [0.2, 0.25) is 0 Å². The number of alkyl halides is 1. The highest BCUT2D eigenvalue weighted by Gasteiger charge is 2.45. The SMILES string of the molecule is Cc1cccc(C=NC2CC3CC2CC3F)c1O. The van der Waals surface area contributed by atoms with E-state index in [1.807, 2.05) is 25.1 Å². The molecule has 0 spiro atoms. The Morgan fingerprint density at radius 2 is 2.11 bits per heavy atom. The summed E-state index contributed by atoms with van der Waals surface area (Å²) in [6.45, 7) is 1.87. The normalized spacial score (nSPS) is 34.6. The minimum absolute atomic E-state index is 0.225. The number of nitrogens with zero attached hydrogens (tertiary/aromatic N) is 1. The fourth-order valence-electron chi connectivity index (χ4n) is 3.32. The van der Waals surface area contributed by atoms with Gasteiger partial charge in [0.05, 0.1) is 6.04 Å². The zero-order valence-corrected chi connectivity index (χ0v) is 10.5. The second-order valence-corrected chi connectivity index (χ2v) is 5.60. The van der Waals surface area contributed by atoms with E-state index in [9.17, 15) is 9.50 Å². The Bertz CT molecular complexity index is 483. The lowest BCUT2D eigenvalue weighted by Crippen LogP contribution is -2.21. The predicted octanol–water partition coefficient (Wildman–Crippen LogP) is 3.26. The van der Waals surface area contributed by atoms with Crippen molar-refractivity contribution in [1.82, 2.24) is 0 Å². The first-order valence-corrected chi connectivity index (χ1v) is 6.61. The fraction of sp³-hybridized carbons (Fsp3) is 0.533. The Labute approximate surface area is 107 Å². The molecule has 3 rings (SSSR count). The molecule has 0 amide bonds. The number of halogens is 1. The summed E-state index contributed by atoms with van der Waals surface area (Å²) in [5, 5.41) is 9.89. The van der Waals surface area contributed by atoms with E-state index < -0.39 is 6.17 Å². The average molecular weight is 247 g/mol. The maximum atomic E-state index is 13.4. The number of hydrogen-bond acceptors (Lipinski definition) is 2. The van der Waals surface area contributed by atoms with Crippen LogP contribution in [0.2, 0.25) is 0 Å². The first-order valence-electron chi connectivity index (χ1n) is 6.61. The van der Waals surface area contributed by atoms with Crippen molar-refractivity contribution < 1.29 is 9.50 Å². The van der Waals surface area contributed by atoms with Gasteiger partial charge >= 0.3 is 0 Å². The summed E-state index contributed by atoms with van der Waals surface area (Å²) < 4.78 is 13.4. The topological polar surface area (TPSA) is 32.6 Å². The van der Waals surface area contributed by atoms with Crippen LogP contribution in [0.4, 0.5) is 4.39 Å². The van der Waals surface area contributed by atoms with Crippen molar-refractivity contribution in [3.63, 3.8) is 0 Å². The van der Waals surface area contributed by atoms with Crippen LogP contribution in [0, 0.1) is 18.8 Å². The van der Waals surface area contributed by atoms with Crippen molar-refractivity contribution in [3.8, 4) is 5.75 Å². The van der Waals surface area contributed by atoms with Gasteiger partial charge < -0.3 is 5.11 Å². The molecule has 4 atom stereocenters. The molecule has 96 valence electrons. The third-order valence-electron chi connectivity index (χ3n) is 4.41. The average Bonchev–Trinajstić information content (AvgIpc) is 2.90. The number of aliphatic imine (C=N–C) groups is 1. The number of benzene rings is 1. The lowest BCUT2D eigenvalue weighted by molar-refractivity contribution is 0.219. The van der Waals surface area contributed by atoms with Crippen molar-refractivity contribution in [1.29, 1.82) is 0 Å². The van der Waals surface area contributed by atoms with Crippen LogP contribution in [0.1, 0.15) is 30.4 Å². The van der Waals surface area contributed by atoms with Crippen LogP contribution >= 0.6 is 0 Å². The summed E-state index contributed by atoms with van der Waals surface area (Å²) in [6, 6.07) is 5.89. The molecule has 1 aromatic rings. The minimum atomic E-state index is -0.603. The number of rotatable bonds is 2. The Kier molecular flexibility index (Phi) is 2.84. The van der Waals surface area contributed by atoms with Crippen LogP contribution in [0.15, 0.2) is 23.2 Å². The van der Waals surface area contributed by atoms with Gasteiger partial charge in [0, 0.05) is 11.8 Å². The van der Waals surface area contributed by atoms with Crippen LogP contribution in [0.5, 0.6) is 5.75 Å². The molecule has 18 heavy (non-hydrogen) atoms. The maximum absolute atomic E-state index is 13.4. The molecule has 0 aromatic heterocycles. The van der Waals surface area contributed by atoms with Gasteiger partial charge in [0.1, 0.15) is 11.9 Å². The Morgan fingerprint density at radius 1 is 1.28 bits per heavy atom. The number of phenolic OH excluding ortho intramolecular Hbond substituents is 1. The second kappa shape index (κ2) is 4.38. The third-order valence-corrected chi connectivity index (χ3v) is 4.41. The lowest BCUT2D eigenvalue weighted by atomic mass is 9.94. The molecular formula is C15H18FNO. The lowest BCUT2D eigenvalue weighted by Gasteiger charge is -2.20.